The number of fused-ring (bicyclic) bond motifs is 1. The number of aromatic nitrogens is 1. The highest BCUT2D eigenvalue weighted by Crippen LogP contribution is 2.34. The highest BCUT2D eigenvalue weighted by molar-refractivity contribution is 6.22. The van der Waals surface area contributed by atoms with E-state index in [0.717, 1.165) is 37.7 Å². The summed E-state index contributed by atoms with van der Waals surface area (Å²) in [7, 11) is 1.91. The summed E-state index contributed by atoms with van der Waals surface area (Å²) in [6.45, 7) is 0.205. The quantitative estimate of drug-likeness (QED) is 0.674. The van der Waals surface area contributed by atoms with Crippen molar-refractivity contribution in [2.24, 2.45) is 13.0 Å². The number of hydrogen-bond donors (Lipinski definition) is 1. The first kappa shape index (κ1) is 22.2. The van der Waals surface area contributed by atoms with Gasteiger partial charge in [-0.25, -0.2) is 0 Å². The topological polar surface area (TPSA) is 93.8 Å². The molecule has 1 aliphatic carbocycles. The number of ether oxygens (including phenoxy) is 1. The number of carbonyl (C=O) groups excluding carboxylic acids is 3. The zero-order valence-electron chi connectivity index (χ0n) is 18.5. The minimum absolute atomic E-state index is 0.00371. The second-order valence-corrected chi connectivity index (χ2v) is 9.83. The van der Waals surface area contributed by atoms with Crippen LogP contribution in [0.2, 0.25) is 0 Å². The SMILES string of the molecule is Cn1ccc(-c2ccc(C(=O)N[C@H](C(=O)N3C[C@H](Cl)[C@H]4OCC(=O)[C@H]43)C3CCCCC3)o2)c1. The molecule has 9 heteroatoms. The molecule has 2 aliphatic heterocycles. The first-order valence-corrected chi connectivity index (χ1v) is 12.0. The van der Waals surface area contributed by atoms with Crippen molar-refractivity contribution in [2.45, 2.75) is 55.7 Å². The van der Waals surface area contributed by atoms with E-state index in [1.807, 2.05) is 30.1 Å². The number of halogens is 1. The second kappa shape index (κ2) is 8.99. The first-order chi connectivity index (χ1) is 15.9. The van der Waals surface area contributed by atoms with Gasteiger partial charge < -0.3 is 23.9 Å². The van der Waals surface area contributed by atoms with Crippen molar-refractivity contribution >= 4 is 29.2 Å². The van der Waals surface area contributed by atoms with Crippen LogP contribution >= 0.6 is 11.6 Å². The molecule has 2 aromatic rings. The number of nitrogens with zero attached hydrogens (tertiary/aromatic N) is 2. The standard InChI is InChI=1S/C24H28ClN3O5/c1-27-10-9-15(11-27)18-7-8-19(33-18)23(30)26-20(14-5-3-2-4-6-14)24(31)28-12-16(25)22-21(28)17(29)13-32-22/h7-11,14,16,20-22H,2-6,12-13H2,1H3,(H,26,30)/t16-,20-,21+,22+/m0/s1. The van der Waals surface area contributed by atoms with Gasteiger partial charge in [0.2, 0.25) is 5.91 Å². The van der Waals surface area contributed by atoms with Crippen molar-refractivity contribution in [3.05, 3.63) is 36.4 Å². The predicted octanol–water partition coefficient (Wildman–Crippen LogP) is 2.75. The summed E-state index contributed by atoms with van der Waals surface area (Å²) in [6, 6.07) is 3.87. The number of nitrogens with one attached hydrogen (secondary N) is 1. The smallest absolute Gasteiger partial charge is 0.287 e. The van der Waals surface area contributed by atoms with Crippen LogP contribution in [0.1, 0.15) is 42.7 Å². The van der Waals surface area contributed by atoms with Crippen LogP contribution in [0.15, 0.2) is 35.0 Å². The van der Waals surface area contributed by atoms with E-state index in [4.69, 9.17) is 20.8 Å². The molecule has 2 aromatic heterocycles. The molecular formula is C24H28ClN3O5. The number of alkyl halides is 1. The monoisotopic (exact) mass is 473 g/mol. The Balaban J connectivity index is 1.37. The Morgan fingerprint density at radius 1 is 1.18 bits per heavy atom. The van der Waals surface area contributed by atoms with E-state index in [9.17, 15) is 14.4 Å². The Bertz CT molecular complexity index is 1060. The number of ketones is 1. The van der Waals surface area contributed by atoms with Crippen LogP contribution < -0.4 is 5.32 Å². The number of amides is 2. The van der Waals surface area contributed by atoms with Gasteiger partial charge in [-0.05, 0) is 37.0 Å². The average Bonchev–Trinajstić information content (AvgIpc) is 3.59. The van der Waals surface area contributed by atoms with Crippen molar-refractivity contribution < 1.29 is 23.5 Å². The molecule has 8 nitrogen and oxygen atoms in total. The fraction of sp³-hybridized carbons (Fsp3) is 0.542. The third-order valence-corrected chi connectivity index (χ3v) is 7.41. The summed E-state index contributed by atoms with van der Waals surface area (Å²) in [4.78, 5) is 40.7. The van der Waals surface area contributed by atoms with Gasteiger partial charge in [0.1, 0.15) is 30.6 Å². The highest BCUT2D eigenvalue weighted by Gasteiger charge is 2.53. The lowest BCUT2D eigenvalue weighted by Crippen LogP contribution is -2.55. The van der Waals surface area contributed by atoms with Crippen LogP contribution in [0.3, 0.4) is 0 Å². The van der Waals surface area contributed by atoms with E-state index in [1.165, 1.54) is 4.90 Å². The van der Waals surface area contributed by atoms with Gasteiger partial charge in [0, 0.05) is 31.5 Å². The molecule has 33 heavy (non-hydrogen) atoms. The molecule has 0 unspecified atom stereocenters. The molecule has 2 amide bonds. The molecule has 0 bridgehead atoms. The number of hydrogen-bond acceptors (Lipinski definition) is 5. The molecule has 1 saturated carbocycles. The van der Waals surface area contributed by atoms with Crippen LogP contribution in [0.25, 0.3) is 11.3 Å². The summed E-state index contributed by atoms with van der Waals surface area (Å²) in [6.07, 6.45) is 8.16. The zero-order valence-corrected chi connectivity index (χ0v) is 19.3. The Hall–Kier alpha value is -2.58. The minimum atomic E-state index is -0.737. The van der Waals surface area contributed by atoms with Crippen LogP contribution in [0, 0.1) is 5.92 Å². The van der Waals surface area contributed by atoms with Gasteiger partial charge in [0.05, 0.1) is 5.38 Å². The maximum atomic E-state index is 13.7. The molecular weight excluding hydrogens is 446 g/mol. The van der Waals surface area contributed by atoms with Gasteiger partial charge in [-0.1, -0.05) is 19.3 Å². The van der Waals surface area contributed by atoms with Crippen molar-refractivity contribution in [3.63, 3.8) is 0 Å². The summed E-state index contributed by atoms with van der Waals surface area (Å²) in [5.41, 5.74) is 0.868. The largest absolute Gasteiger partial charge is 0.451 e. The Labute approximate surface area is 197 Å². The fourth-order valence-electron chi connectivity index (χ4n) is 5.33. The molecule has 5 rings (SSSR count). The molecule has 2 saturated heterocycles. The third kappa shape index (κ3) is 4.22. The number of furan rings is 1. The van der Waals surface area contributed by atoms with Crippen molar-refractivity contribution in [3.8, 4) is 11.3 Å². The second-order valence-electron chi connectivity index (χ2n) is 9.27. The lowest BCUT2D eigenvalue weighted by atomic mass is 9.83. The summed E-state index contributed by atoms with van der Waals surface area (Å²) in [5, 5.41) is 2.50. The van der Waals surface area contributed by atoms with Crippen LogP contribution in [-0.2, 0) is 21.4 Å². The number of Topliss-reactive ketones (excluding diaryl/α,β-unsaturated/α-hetero) is 1. The summed E-state index contributed by atoms with van der Waals surface area (Å²) in [5.74, 6) is -0.0947. The van der Waals surface area contributed by atoms with E-state index in [-0.39, 0.29) is 36.5 Å². The highest BCUT2D eigenvalue weighted by atomic mass is 35.5. The van der Waals surface area contributed by atoms with E-state index in [1.54, 1.807) is 12.1 Å². The van der Waals surface area contributed by atoms with Gasteiger partial charge in [-0.15, -0.1) is 11.6 Å². The number of carbonyl (C=O) groups is 3. The van der Waals surface area contributed by atoms with Gasteiger partial charge in [-0.3, -0.25) is 14.4 Å². The first-order valence-electron chi connectivity index (χ1n) is 11.5. The molecule has 0 radical (unpaired) electrons. The van der Waals surface area contributed by atoms with Gasteiger partial charge in [0.15, 0.2) is 11.5 Å². The van der Waals surface area contributed by atoms with Crippen LogP contribution in [-0.4, -0.2) is 63.8 Å². The van der Waals surface area contributed by atoms with Gasteiger partial charge >= 0.3 is 0 Å². The summed E-state index contributed by atoms with van der Waals surface area (Å²) < 4.78 is 13.2. The lowest BCUT2D eigenvalue weighted by molar-refractivity contribution is -0.139. The molecule has 0 spiro atoms. The predicted molar refractivity (Wildman–Crippen MR) is 121 cm³/mol. The Morgan fingerprint density at radius 3 is 2.70 bits per heavy atom. The lowest BCUT2D eigenvalue weighted by Gasteiger charge is -2.34. The van der Waals surface area contributed by atoms with E-state index < -0.39 is 29.5 Å². The van der Waals surface area contributed by atoms with Gasteiger partial charge in [-0.2, -0.15) is 0 Å². The van der Waals surface area contributed by atoms with Crippen molar-refractivity contribution in [1.82, 2.24) is 14.8 Å². The molecule has 0 aromatic carbocycles. The summed E-state index contributed by atoms with van der Waals surface area (Å²) >= 11 is 6.40. The molecule has 3 fully saturated rings. The van der Waals surface area contributed by atoms with E-state index in [2.05, 4.69) is 5.32 Å². The molecule has 4 atom stereocenters. The molecule has 176 valence electrons. The molecule has 1 N–H and O–H groups in total. The molecule has 4 heterocycles. The number of rotatable bonds is 5. The van der Waals surface area contributed by atoms with Crippen molar-refractivity contribution in [1.29, 1.82) is 0 Å². The maximum Gasteiger partial charge on any atom is 0.287 e. The fourth-order valence-corrected chi connectivity index (χ4v) is 5.69. The minimum Gasteiger partial charge on any atom is -0.451 e. The maximum absolute atomic E-state index is 13.7. The van der Waals surface area contributed by atoms with E-state index in [0.29, 0.717) is 5.76 Å². The van der Waals surface area contributed by atoms with Crippen molar-refractivity contribution in [2.75, 3.05) is 13.2 Å². The van der Waals surface area contributed by atoms with Crippen LogP contribution in [0.5, 0.6) is 0 Å². The average molecular weight is 474 g/mol. The third-order valence-electron chi connectivity index (χ3n) is 7.03. The zero-order chi connectivity index (χ0) is 23.1. The van der Waals surface area contributed by atoms with E-state index >= 15 is 0 Å². The Kier molecular flexibility index (Phi) is 6.05. The number of likely N-dealkylation sites (tertiary alicyclic amines) is 1. The number of aryl methyl sites for hydroxylation is 1. The molecule has 3 aliphatic rings. The van der Waals surface area contributed by atoms with Crippen LogP contribution in [0.4, 0.5) is 0 Å². The van der Waals surface area contributed by atoms with Gasteiger partial charge in [0.25, 0.3) is 5.91 Å². The Morgan fingerprint density at radius 2 is 1.97 bits per heavy atom. The normalized spacial score (nSPS) is 26.4.